The van der Waals surface area contributed by atoms with E-state index < -0.39 is 0 Å². The first-order valence-corrected chi connectivity index (χ1v) is 7.86. The van der Waals surface area contributed by atoms with Crippen LogP contribution >= 0.6 is 0 Å². The van der Waals surface area contributed by atoms with Crippen LogP contribution in [0.5, 0.6) is 0 Å². The van der Waals surface area contributed by atoms with Crippen molar-refractivity contribution in [2.45, 2.75) is 31.3 Å². The second kappa shape index (κ2) is 5.27. The van der Waals surface area contributed by atoms with Crippen molar-refractivity contribution < 1.29 is 4.39 Å². The zero-order chi connectivity index (χ0) is 14.2. The minimum absolute atomic E-state index is 0.142. The van der Waals surface area contributed by atoms with E-state index in [1.54, 1.807) is 12.1 Å². The van der Waals surface area contributed by atoms with E-state index in [0.717, 1.165) is 12.5 Å². The maximum absolute atomic E-state index is 13.2. The lowest BCUT2D eigenvalue weighted by Crippen LogP contribution is -2.28. The lowest BCUT2D eigenvalue weighted by molar-refractivity contribution is 0.204. The van der Waals surface area contributed by atoms with E-state index >= 15 is 0 Å². The van der Waals surface area contributed by atoms with E-state index in [2.05, 4.69) is 35.2 Å². The highest BCUT2D eigenvalue weighted by Crippen LogP contribution is 2.47. The van der Waals surface area contributed by atoms with Crippen LogP contribution in [0.1, 0.15) is 30.0 Å². The van der Waals surface area contributed by atoms with Gasteiger partial charge in [0.05, 0.1) is 0 Å². The summed E-state index contributed by atoms with van der Waals surface area (Å²) in [5, 5.41) is 0. The largest absolute Gasteiger partial charge is 0.290 e. The third-order valence-electron chi connectivity index (χ3n) is 4.98. The van der Waals surface area contributed by atoms with E-state index in [1.807, 2.05) is 12.1 Å². The highest BCUT2D eigenvalue weighted by atomic mass is 19.1. The standard InChI is InChI=1S/C19H20FN/c20-17-9-6-15(7-10-17)19-16(8-11-18-13-21(18)19)12-14-4-2-1-3-5-14/h1-7,9-10,16,18-19H,8,11-13H2. The first-order chi connectivity index (χ1) is 10.3. The van der Waals surface area contributed by atoms with Gasteiger partial charge in [0, 0.05) is 18.6 Å². The van der Waals surface area contributed by atoms with Crippen molar-refractivity contribution in [3.8, 4) is 0 Å². The van der Waals surface area contributed by atoms with Gasteiger partial charge in [-0.1, -0.05) is 42.5 Å². The average molecular weight is 281 g/mol. The van der Waals surface area contributed by atoms with Crippen molar-refractivity contribution >= 4 is 0 Å². The predicted octanol–water partition coefficient (Wildman–Crippen LogP) is 4.20. The molecule has 2 aromatic carbocycles. The second-order valence-electron chi connectivity index (χ2n) is 6.37. The van der Waals surface area contributed by atoms with E-state index in [9.17, 15) is 4.39 Å². The fourth-order valence-corrected chi connectivity index (χ4v) is 3.88. The number of hydrogen-bond donors (Lipinski definition) is 0. The number of benzene rings is 2. The molecule has 0 bridgehead atoms. The van der Waals surface area contributed by atoms with Crippen LogP contribution in [0.25, 0.3) is 0 Å². The number of nitrogens with zero attached hydrogens (tertiary/aromatic N) is 1. The van der Waals surface area contributed by atoms with Crippen molar-refractivity contribution in [2.75, 3.05) is 6.54 Å². The van der Waals surface area contributed by atoms with Gasteiger partial charge in [0.1, 0.15) is 5.82 Å². The SMILES string of the molecule is Fc1ccc(C2C(Cc3ccccc3)CCC3CN32)cc1. The third kappa shape index (κ3) is 2.60. The number of hydrogen-bond acceptors (Lipinski definition) is 1. The molecule has 4 unspecified atom stereocenters. The fourth-order valence-electron chi connectivity index (χ4n) is 3.88. The van der Waals surface area contributed by atoms with Crippen molar-refractivity contribution in [3.05, 3.63) is 71.5 Å². The van der Waals surface area contributed by atoms with Gasteiger partial charge in [-0.25, -0.2) is 4.39 Å². The Hall–Kier alpha value is -1.67. The molecule has 2 aliphatic rings. The Kier molecular flexibility index (Phi) is 3.27. The van der Waals surface area contributed by atoms with Crippen LogP contribution in [0.15, 0.2) is 54.6 Å². The normalized spacial score (nSPS) is 30.7. The summed E-state index contributed by atoms with van der Waals surface area (Å²) in [5.74, 6) is 0.494. The molecular weight excluding hydrogens is 261 g/mol. The number of piperidine rings is 1. The summed E-state index contributed by atoms with van der Waals surface area (Å²) in [6.45, 7) is 1.22. The molecule has 4 atom stereocenters. The molecule has 2 saturated heterocycles. The number of fused-ring (bicyclic) bond motifs is 1. The Labute approximate surface area is 125 Å². The minimum Gasteiger partial charge on any atom is -0.290 e. The van der Waals surface area contributed by atoms with Crippen LogP contribution in [0.4, 0.5) is 4.39 Å². The zero-order valence-electron chi connectivity index (χ0n) is 12.1. The number of halogens is 1. The summed E-state index contributed by atoms with van der Waals surface area (Å²) in [7, 11) is 0. The second-order valence-corrected chi connectivity index (χ2v) is 6.37. The van der Waals surface area contributed by atoms with Crippen molar-refractivity contribution in [1.29, 1.82) is 0 Å². The number of rotatable bonds is 3. The van der Waals surface area contributed by atoms with Crippen LogP contribution < -0.4 is 0 Å². The lowest BCUT2D eigenvalue weighted by atomic mass is 9.82. The molecule has 0 N–H and O–H groups in total. The Morgan fingerprint density at radius 3 is 2.48 bits per heavy atom. The van der Waals surface area contributed by atoms with Gasteiger partial charge in [-0.2, -0.15) is 0 Å². The molecule has 21 heavy (non-hydrogen) atoms. The summed E-state index contributed by atoms with van der Waals surface area (Å²) < 4.78 is 13.2. The van der Waals surface area contributed by atoms with Gasteiger partial charge in [0.25, 0.3) is 0 Å². The van der Waals surface area contributed by atoms with Crippen molar-refractivity contribution in [3.63, 3.8) is 0 Å². The maximum atomic E-state index is 13.2. The first-order valence-electron chi connectivity index (χ1n) is 7.86. The zero-order valence-corrected chi connectivity index (χ0v) is 12.1. The molecule has 0 amide bonds. The van der Waals surface area contributed by atoms with E-state index in [0.29, 0.717) is 12.0 Å². The summed E-state index contributed by atoms with van der Waals surface area (Å²) in [6, 6.07) is 19.1. The third-order valence-corrected chi connectivity index (χ3v) is 4.98. The molecule has 0 spiro atoms. The quantitative estimate of drug-likeness (QED) is 0.762. The Bertz CT molecular complexity index is 607. The van der Waals surface area contributed by atoms with Crippen molar-refractivity contribution in [2.24, 2.45) is 5.92 Å². The van der Waals surface area contributed by atoms with E-state index in [1.165, 1.54) is 30.5 Å². The van der Waals surface area contributed by atoms with Gasteiger partial charge in [-0.15, -0.1) is 0 Å². The molecule has 2 aliphatic heterocycles. The predicted molar refractivity (Wildman–Crippen MR) is 82.5 cm³/mol. The minimum atomic E-state index is -0.142. The van der Waals surface area contributed by atoms with Gasteiger partial charge in [0.15, 0.2) is 0 Å². The van der Waals surface area contributed by atoms with E-state index in [4.69, 9.17) is 0 Å². The average Bonchev–Trinajstić information content (AvgIpc) is 3.29. The van der Waals surface area contributed by atoms with Gasteiger partial charge < -0.3 is 0 Å². The first kappa shape index (κ1) is 13.0. The van der Waals surface area contributed by atoms with Crippen LogP contribution in [0, 0.1) is 11.7 Å². The summed E-state index contributed by atoms with van der Waals surface area (Å²) in [6.07, 6.45) is 3.71. The van der Waals surface area contributed by atoms with Gasteiger partial charge >= 0.3 is 0 Å². The Balaban J connectivity index is 1.60. The van der Waals surface area contributed by atoms with Crippen LogP contribution in [-0.4, -0.2) is 17.5 Å². The highest BCUT2D eigenvalue weighted by molar-refractivity contribution is 5.25. The topological polar surface area (TPSA) is 3.01 Å². The molecule has 108 valence electrons. The lowest BCUT2D eigenvalue weighted by Gasteiger charge is -2.33. The van der Waals surface area contributed by atoms with Crippen molar-refractivity contribution in [1.82, 2.24) is 4.90 Å². The van der Waals surface area contributed by atoms with Gasteiger partial charge in [-0.05, 0) is 48.4 Å². The van der Waals surface area contributed by atoms with Crippen LogP contribution in [-0.2, 0) is 6.42 Å². The fraction of sp³-hybridized carbons (Fsp3) is 0.368. The molecule has 0 aromatic heterocycles. The molecular formula is C19H20FN. The maximum Gasteiger partial charge on any atom is 0.123 e. The van der Waals surface area contributed by atoms with Crippen LogP contribution in [0.3, 0.4) is 0 Å². The summed E-state index contributed by atoms with van der Waals surface area (Å²) in [5.41, 5.74) is 2.69. The molecule has 0 aliphatic carbocycles. The molecule has 2 heterocycles. The molecule has 0 radical (unpaired) electrons. The molecule has 2 heteroatoms. The summed E-state index contributed by atoms with van der Waals surface area (Å²) in [4.78, 5) is 2.59. The monoisotopic (exact) mass is 281 g/mol. The van der Waals surface area contributed by atoms with Gasteiger partial charge in [-0.3, -0.25) is 4.90 Å². The Morgan fingerprint density at radius 2 is 1.71 bits per heavy atom. The summed E-state index contributed by atoms with van der Waals surface area (Å²) >= 11 is 0. The molecule has 0 saturated carbocycles. The smallest absolute Gasteiger partial charge is 0.123 e. The van der Waals surface area contributed by atoms with E-state index in [-0.39, 0.29) is 5.82 Å². The molecule has 1 nitrogen and oxygen atoms in total. The van der Waals surface area contributed by atoms with Gasteiger partial charge in [0.2, 0.25) is 0 Å². The molecule has 2 fully saturated rings. The van der Waals surface area contributed by atoms with Crippen LogP contribution in [0.2, 0.25) is 0 Å². The highest BCUT2D eigenvalue weighted by Gasteiger charge is 2.47. The molecule has 4 rings (SSSR count). The Morgan fingerprint density at radius 1 is 0.952 bits per heavy atom. The molecule has 2 aromatic rings.